The van der Waals surface area contributed by atoms with Crippen LogP contribution in [0, 0.1) is 34.9 Å². The van der Waals surface area contributed by atoms with Crippen molar-refractivity contribution in [3.05, 3.63) is 65.1 Å². The number of benzene rings is 2. The van der Waals surface area contributed by atoms with E-state index < -0.39 is 6.23 Å². The summed E-state index contributed by atoms with van der Waals surface area (Å²) in [5, 5.41) is 32.1. The molecular weight excluding hydrogens is 405 g/mol. The second kappa shape index (κ2) is 6.63. The van der Waals surface area contributed by atoms with Crippen LogP contribution < -0.4 is 0 Å². The maximum Gasteiger partial charge on any atom is 0.148 e. The first-order chi connectivity index (χ1) is 15.4. The molecule has 3 saturated carbocycles. The number of nitrogens with zero attached hydrogens (tertiary/aromatic N) is 5. The Labute approximate surface area is 185 Å². The average Bonchev–Trinajstić information content (AvgIpc) is 3.38. The van der Waals surface area contributed by atoms with Crippen molar-refractivity contribution in [1.82, 2.24) is 14.8 Å². The highest BCUT2D eigenvalue weighted by Crippen LogP contribution is 2.76. The molecule has 3 aliphatic carbocycles. The molecule has 4 aliphatic rings. The monoisotopic (exact) mass is 429 g/mol. The standard InChI is InChI=1S/C25H24FN5O/c1-16-2-4-18(9-20(16)26)22-6-7-28-31(22)23(32)25-12-24(13-25,14-25)15-30-21-5-3-17(10-27)8-19(21)11-29-30/h2-5,7-9,11,22-23,32H,6,12-15H2,1H3. The van der Waals surface area contributed by atoms with Gasteiger partial charge in [-0.25, -0.2) is 4.39 Å². The van der Waals surface area contributed by atoms with Crippen molar-refractivity contribution in [1.29, 1.82) is 5.26 Å². The van der Waals surface area contributed by atoms with Gasteiger partial charge in [0, 0.05) is 30.0 Å². The van der Waals surface area contributed by atoms with E-state index in [1.807, 2.05) is 41.4 Å². The predicted molar refractivity (Wildman–Crippen MR) is 118 cm³/mol. The Hall–Kier alpha value is -3.24. The van der Waals surface area contributed by atoms with E-state index in [9.17, 15) is 9.50 Å². The number of hydrogen-bond donors (Lipinski definition) is 1. The molecule has 162 valence electrons. The summed E-state index contributed by atoms with van der Waals surface area (Å²) < 4.78 is 16.1. The molecule has 3 aromatic rings. The number of aromatic nitrogens is 2. The third-order valence-electron chi connectivity index (χ3n) is 7.68. The maximum atomic E-state index is 14.1. The van der Waals surface area contributed by atoms with Crippen molar-refractivity contribution >= 4 is 17.1 Å². The summed E-state index contributed by atoms with van der Waals surface area (Å²) in [5.41, 5.74) is 3.15. The lowest BCUT2D eigenvalue weighted by atomic mass is 9.34. The molecule has 32 heavy (non-hydrogen) atoms. The fourth-order valence-electron chi connectivity index (χ4n) is 6.18. The zero-order chi connectivity index (χ0) is 22.1. The molecule has 2 heterocycles. The van der Waals surface area contributed by atoms with E-state index in [4.69, 9.17) is 5.26 Å². The number of hydrazone groups is 1. The molecule has 2 bridgehead atoms. The third-order valence-corrected chi connectivity index (χ3v) is 7.68. The largest absolute Gasteiger partial charge is 0.371 e. The van der Waals surface area contributed by atoms with E-state index in [1.165, 1.54) is 0 Å². The van der Waals surface area contributed by atoms with Gasteiger partial charge in [0.25, 0.3) is 0 Å². The van der Waals surface area contributed by atoms with E-state index in [0.29, 0.717) is 17.5 Å². The minimum Gasteiger partial charge on any atom is -0.371 e. The minimum absolute atomic E-state index is 0.130. The van der Waals surface area contributed by atoms with Gasteiger partial charge in [-0.2, -0.15) is 15.5 Å². The molecule has 2 aromatic carbocycles. The molecule has 0 radical (unpaired) electrons. The fraction of sp³-hybridized carbons (Fsp3) is 0.400. The van der Waals surface area contributed by atoms with Crippen LogP contribution in [-0.4, -0.2) is 32.3 Å². The first-order valence-electron chi connectivity index (χ1n) is 11.0. The predicted octanol–water partition coefficient (Wildman–Crippen LogP) is 4.28. The highest BCUT2D eigenvalue weighted by molar-refractivity contribution is 5.80. The number of aliphatic hydroxyl groups excluding tert-OH is 1. The quantitative estimate of drug-likeness (QED) is 0.657. The van der Waals surface area contributed by atoms with Gasteiger partial charge in [-0.15, -0.1) is 0 Å². The lowest BCUT2D eigenvalue weighted by Crippen LogP contribution is -2.70. The maximum absolute atomic E-state index is 14.1. The van der Waals surface area contributed by atoms with E-state index in [2.05, 4.69) is 16.3 Å². The molecule has 2 unspecified atom stereocenters. The van der Waals surface area contributed by atoms with Crippen LogP contribution >= 0.6 is 0 Å². The second-order valence-electron chi connectivity index (χ2n) is 9.89. The zero-order valence-corrected chi connectivity index (χ0v) is 17.9. The van der Waals surface area contributed by atoms with Gasteiger partial charge in [-0.05, 0) is 67.0 Å². The summed E-state index contributed by atoms with van der Waals surface area (Å²) in [4.78, 5) is 0. The molecule has 0 amide bonds. The topological polar surface area (TPSA) is 77.4 Å². The molecule has 0 spiro atoms. The number of aryl methyl sites for hydroxylation is 1. The van der Waals surface area contributed by atoms with Gasteiger partial charge >= 0.3 is 0 Å². The third kappa shape index (κ3) is 2.72. The molecule has 1 aromatic heterocycles. The van der Waals surface area contributed by atoms with Crippen LogP contribution in [0.5, 0.6) is 0 Å². The molecule has 6 nitrogen and oxygen atoms in total. The van der Waals surface area contributed by atoms with Gasteiger partial charge in [0.1, 0.15) is 12.0 Å². The second-order valence-corrected chi connectivity index (χ2v) is 9.89. The number of nitriles is 1. The SMILES string of the molecule is Cc1ccc(C2CC=NN2C(O)C23CC(Cn4ncc5cc(C#N)ccc54)(C2)C3)cc1F. The molecular formula is C25H24FN5O. The molecule has 1 aliphatic heterocycles. The van der Waals surface area contributed by atoms with Crippen LogP contribution in [0.15, 0.2) is 47.7 Å². The molecule has 3 fully saturated rings. The van der Waals surface area contributed by atoms with Crippen LogP contribution in [0.2, 0.25) is 0 Å². The number of fused-ring (bicyclic) bond motifs is 1. The first kappa shape index (κ1) is 19.4. The smallest absolute Gasteiger partial charge is 0.148 e. The molecule has 7 heteroatoms. The summed E-state index contributed by atoms with van der Waals surface area (Å²) in [7, 11) is 0. The van der Waals surface area contributed by atoms with E-state index >= 15 is 0 Å². The molecule has 7 rings (SSSR count). The van der Waals surface area contributed by atoms with Crippen molar-refractivity contribution in [3.63, 3.8) is 0 Å². The van der Waals surface area contributed by atoms with Crippen LogP contribution in [0.1, 0.15) is 48.4 Å². The highest BCUT2D eigenvalue weighted by Gasteiger charge is 2.72. The fourth-order valence-corrected chi connectivity index (χ4v) is 6.18. The van der Waals surface area contributed by atoms with Crippen LogP contribution in [0.3, 0.4) is 0 Å². The Morgan fingerprint density at radius 1 is 1.25 bits per heavy atom. The van der Waals surface area contributed by atoms with Gasteiger partial charge in [-0.1, -0.05) is 12.1 Å². The lowest BCUT2D eigenvalue weighted by molar-refractivity contribution is -0.297. The van der Waals surface area contributed by atoms with E-state index in [-0.39, 0.29) is 22.7 Å². The Bertz CT molecular complexity index is 1290. The number of hydrogen-bond acceptors (Lipinski definition) is 5. The van der Waals surface area contributed by atoms with Gasteiger partial charge in [0.2, 0.25) is 0 Å². The molecule has 1 N–H and O–H groups in total. The zero-order valence-electron chi connectivity index (χ0n) is 17.9. The molecule has 2 atom stereocenters. The average molecular weight is 429 g/mol. The van der Waals surface area contributed by atoms with E-state index in [0.717, 1.165) is 42.3 Å². The number of aliphatic hydroxyl groups is 1. The van der Waals surface area contributed by atoms with Crippen LogP contribution in [0.4, 0.5) is 4.39 Å². The van der Waals surface area contributed by atoms with Crippen molar-refractivity contribution < 1.29 is 9.50 Å². The lowest BCUT2D eigenvalue weighted by Gasteiger charge is -2.72. The summed E-state index contributed by atoms with van der Waals surface area (Å²) in [6.07, 6.45) is 6.42. The van der Waals surface area contributed by atoms with Gasteiger partial charge < -0.3 is 5.11 Å². The Morgan fingerprint density at radius 2 is 2.06 bits per heavy atom. The van der Waals surface area contributed by atoms with Gasteiger partial charge in [-0.3, -0.25) is 9.69 Å². The van der Waals surface area contributed by atoms with Gasteiger partial charge in [0.05, 0.1) is 29.4 Å². The Morgan fingerprint density at radius 3 is 2.81 bits per heavy atom. The van der Waals surface area contributed by atoms with Gasteiger partial charge in [0.15, 0.2) is 0 Å². The minimum atomic E-state index is -0.676. The normalized spacial score (nSPS) is 28.9. The van der Waals surface area contributed by atoms with Crippen LogP contribution in [0.25, 0.3) is 10.9 Å². The first-order valence-corrected chi connectivity index (χ1v) is 11.0. The van der Waals surface area contributed by atoms with Crippen LogP contribution in [-0.2, 0) is 6.54 Å². The number of rotatable bonds is 5. The van der Waals surface area contributed by atoms with Crippen molar-refractivity contribution in [2.75, 3.05) is 0 Å². The highest BCUT2D eigenvalue weighted by atomic mass is 19.1. The Kier molecular flexibility index (Phi) is 4.03. The summed E-state index contributed by atoms with van der Waals surface area (Å²) in [5.74, 6) is -0.221. The summed E-state index contributed by atoms with van der Waals surface area (Å²) in [6, 6.07) is 13.0. The number of halogens is 1. The van der Waals surface area contributed by atoms with Crippen molar-refractivity contribution in [3.8, 4) is 6.07 Å². The summed E-state index contributed by atoms with van der Waals surface area (Å²) in [6.45, 7) is 2.57. The Balaban J connectivity index is 1.16. The molecule has 0 saturated heterocycles. The van der Waals surface area contributed by atoms with E-state index in [1.54, 1.807) is 24.1 Å². The van der Waals surface area contributed by atoms with Crippen molar-refractivity contribution in [2.24, 2.45) is 15.9 Å². The van der Waals surface area contributed by atoms with Crippen molar-refractivity contribution in [2.45, 2.75) is 51.4 Å². The summed E-state index contributed by atoms with van der Waals surface area (Å²) >= 11 is 0.